The van der Waals surface area contributed by atoms with E-state index in [9.17, 15) is 4.79 Å². The van der Waals surface area contributed by atoms with E-state index in [0.717, 1.165) is 25.1 Å². The van der Waals surface area contributed by atoms with Gasteiger partial charge in [-0.25, -0.2) is 4.79 Å². The van der Waals surface area contributed by atoms with E-state index in [0.29, 0.717) is 6.54 Å². The number of ether oxygens (including phenoxy) is 1. The van der Waals surface area contributed by atoms with Crippen molar-refractivity contribution in [1.29, 1.82) is 0 Å². The number of amides is 1. The first kappa shape index (κ1) is 12.6. The average molecular weight is 224 g/mol. The Balaban J connectivity index is 2.63. The molecule has 16 heavy (non-hydrogen) atoms. The third-order valence-corrected chi connectivity index (χ3v) is 2.62. The van der Waals surface area contributed by atoms with E-state index in [1.807, 2.05) is 29.9 Å². The second-order valence-electron chi connectivity index (χ2n) is 3.86. The van der Waals surface area contributed by atoms with Crippen molar-refractivity contribution in [2.75, 3.05) is 13.7 Å². The minimum Gasteiger partial charge on any atom is -0.453 e. The molecule has 1 rings (SSSR count). The quantitative estimate of drug-likeness (QED) is 0.769. The van der Waals surface area contributed by atoms with Crippen LogP contribution >= 0.6 is 0 Å². The largest absolute Gasteiger partial charge is 0.453 e. The maximum atomic E-state index is 11.5. The topological polar surface area (TPSA) is 34.5 Å². The Labute approximate surface area is 96.8 Å². The molecule has 0 atom stereocenters. The fraction of sp³-hybridized carbons (Fsp3) is 0.583. The zero-order valence-corrected chi connectivity index (χ0v) is 10.3. The van der Waals surface area contributed by atoms with Crippen LogP contribution in [0.5, 0.6) is 0 Å². The van der Waals surface area contributed by atoms with Gasteiger partial charge >= 0.3 is 6.09 Å². The zero-order chi connectivity index (χ0) is 12.0. The van der Waals surface area contributed by atoms with Crippen molar-refractivity contribution in [2.24, 2.45) is 7.05 Å². The van der Waals surface area contributed by atoms with E-state index in [1.165, 1.54) is 7.11 Å². The molecule has 0 bridgehead atoms. The molecule has 0 saturated heterocycles. The first-order valence-electron chi connectivity index (χ1n) is 5.62. The number of carbonyl (C=O) groups excluding carboxylic acids is 1. The van der Waals surface area contributed by atoms with Crippen LogP contribution in [0, 0.1) is 0 Å². The molecule has 4 heteroatoms. The lowest BCUT2D eigenvalue weighted by Crippen LogP contribution is -2.31. The van der Waals surface area contributed by atoms with Gasteiger partial charge in [-0.15, -0.1) is 0 Å². The van der Waals surface area contributed by atoms with E-state index < -0.39 is 0 Å². The molecule has 0 saturated carbocycles. The van der Waals surface area contributed by atoms with Gasteiger partial charge in [0.25, 0.3) is 0 Å². The average Bonchev–Trinajstić information content (AvgIpc) is 2.69. The molecule has 0 aliphatic heterocycles. The van der Waals surface area contributed by atoms with Crippen LogP contribution in [0.15, 0.2) is 18.3 Å². The van der Waals surface area contributed by atoms with Gasteiger partial charge in [-0.1, -0.05) is 13.3 Å². The number of nitrogens with zero attached hydrogens (tertiary/aromatic N) is 2. The summed E-state index contributed by atoms with van der Waals surface area (Å²) in [5, 5.41) is 0. The molecule has 0 radical (unpaired) electrons. The number of carbonyl (C=O) groups is 1. The molecular weight excluding hydrogens is 204 g/mol. The van der Waals surface area contributed by atoms with E-state index in [2.05, 4.69) is 6.92 Å². The fourth-order valence-corrected chi connectivity index (χ4v) is 1.57. The third kappa shape index (κ3) is 3.29. The van der Waals surface area contributed by atoms with Crippen molar-refractivity contribution in [3.8, 4) is 0 Å². The molecule has 0 N–H and O–H groups in total. The molecule has 1 aromatic rings. The highest BCUT2D eigenvalue weighted by atomic mass is 16.5. The highest BCUT2D eigenvalue weighted by Gasteiger charge is 2.14. The van der Waals surface area contributed by atoms with Crippen molar-refractivity contribution in [2.45, 2.75) is 26.3 Å². The summed E-state index contributed by atoms with van der Waals surface area (Å²) in [5.41, 5.74) is 1.11. The number of hydrogen-bond acceptors (Lipinski definition) is 2. The summed E-state index contributed by atoms with van der Waals surface area (Å²) >= 11 is 0. The third-order valence-electron chi connectivity index (χ3n) is 2.62. The van der Waals surface area contributed by atoms with Gasteiger partial charge in [0, 0.05) is 25.5 Å². The highest BCUT2D eigenvalue weighted by Crippen LogP contribution is 2.07. The van der Waals surface area contributed by atoms with Gasteiger partial charge in [0.2, 0.25) is 0 Å². The Hall–Kier alpha value is -1.45. The molecule has 0 aliphatic carbocycles. The van der Waals surface area contributed by atoms with Crippen molar-refractivity contribution < 1.29 is 9.53 Å². The van der Waals surface area contributed by atoms with E-state index in [1.54, 1.807) is 4.90 Å². The molecule has 0 fully saturated rings. The SMILES string of the molecule is CCCCN(Cc1cccn1C)C(=O)OC. The molecule has 0 spiro atoms. The predicted molar refractivity (Wildman–Crippen MR) is 63.1 cm³/mol. The zero-order valence-electron chi connectivity index (χ0n) is 10.3. The second-order valence-corrected chi connectivity index (χ2v) is 3.86. The number of aryl methyl sites for hydroxylation is 1. The van der Waals surface area contributed by atoms with Crippen LogP contribution in [-0.4, -0.2) is 29.2 Å². The van der Waals surface area contributed by atoms with Gasteiger partial charge < -0.3 is 14.2 Å². The van der Waals surface area contributed by atoms with Gasteiger partial charge in [0.15, 0.2) is 0 Å². The maximum Gasteiger partial charge on any atom is 0.409 e. The molecule has 1 aromatic heterocycles. The van der Waals surface area contributed by atoms with Gasteiger partial charge in [0.1, 0.15) is 0 Å². The normalized spacial score (nSPS) is 10.2. The van der Waals surface area contributed by atoms with Crippen LogP contribution in [0.2, 0.25) is 0 Å². The number of rotatable bonds is 5. The first-order chi connectivity index (χ1) is 7.69. The minimum atomic E-state index is -0.255. The molecule has 1 heterocycles. The number of methoxy groups -OCH3 is 1. The molecule has 1 amide bonds. The Bertz CT molecular complexity index is 334. The summed E-state index contributed by atoms with van der Waals surface area (Å²) in [6.45, 7) is 3.46. The smallest absolute Gasteiger partial charge is 0.409 e. The molecule has 4 nitrogen and oxygen atoms in total. The minimum absolute atomic E-state index is 0.255. The number of hydrogen-bond donors (Lipinski definition) is 0. The summed E-state index contributed by atoms with van der Waals surface area (Å²) in [6, 6.07) is 3.99. The summed E-state index contributed by atoms with van der Waals surface area (Å²) in [5.74, 6) is 0. The Morgan fingerprint density at radius 2 is 2.31 bits per heavy atom. The van der Waals surface area contributed by atoms with Crippen molar-refractivity contribution in [3.63, 3.8) is 0 Å². The van der Waals surface area contributed by atoms with Crippen molar-refractivity contribution in [3.05, 3.63) is 24.0 Å². The van der Waals surface area contributed by atoms with E-state index >= 15 is 0 Å². The highest BCUT2D eigenvalue weighted by molar-refractivity contribution is 5.67. The van der Waals surface area contributed by atoms with Gasteiger partial charge in [0.05, 0.1) is 13.7 Å². The predicted octanol–water partition coefficient (Wildman–Crippen LogP) is 2.39. The maximum absolute atomic E-state index is 11.5. The van der Waals surface area contributed by atoms with Crippen LogP contribution in [-0.2, 0) is 18.3 Å². The number of unbranched alkanes of at least 4 members (excludes halogenated alkanes) is 1. The standard InChI is InChI=1S/C12H20N2O2/c1-4-5-9-14(12(15)16-3)10-11-7-6-8-13(11)2/h6-8H,4-5,9-10H2,1-3H3. The lowest BCUT2D eigenvalue weighted by molar-refractivity contribution is 0.119. The van der Waals surface area contributed by atoms with E-state index in [4.69, 9.17) is 4.74 Å². The Morgan fingerprint density at radius 1 is 1.56 bits per heavy atom. The molecule has 0 unspecified atom stereocenters. The van der Waals surface area contributed by atoms with Crippen LogP contribution in [0.1, 0.15) is 25.5 Å². The van der Waals surface area contributed by atoms with Crippen LogP contribution < -0.4 is 0 Å². The second kappa shape index (κ2) is 6.20. The first-order valence-corrected chi connectivity index (χ1v) is 5.62. The lowest BCUT2D eigenvalue weighted by Gasteiger charge is -2.21. The van der Waals surface area contributed by atoms with Crippen LogP contribution in [0.25, 0.3) is 0 Å². The summed E-state index contributed by atoms with van der Waals surface area (Å²) < 4.78 is 6.79. The summed E-state index contributed by atoms with van der Waals surface area (Å²) in [4.78, 5) is 13.3. The van der Waals surface area contributed by atoms with Crippen LogP contribution in [0.3, 0.4) is 0 Å². The summed E-state index contributed by atoms with van der Waals surface area (Å²) in [7, 11) is 3.40. The van der Waals surface area contributed by atoms with Gasteiger partial charge in [-0.2, -0.15) is 0 Å². The molecule has 0 aliphatic rings. The Morgan fingerprint density at radius 3 is 2.81 bits per heavy atom. The Kier molecular flexibility index (Phi) is 4.89. The van der Waals surface area contributed by atoms with E-state index in [-0.39, 0.29) is 6.09 Å². The van der Waals surface area contributed by atoms with Crippen LogP contribution in [0.4, 0.5) is 4.79 Å². The van der Waals surface area contributed by atoms with Gasteiger partial charge in [-0.05, 0) is 18.6 Å². The van der Waals surface area contributed by atoms with Crippen molar-refractivity contribution in [1.82, 2.24) is 9.47 Å². The summed E-state index contributed by atoms with van der Waals surface area (Å²) in [6.07, 6.45) is 3.79. The van der Waals surface area contributed by atoms with Crippen molar-refractivity contribution >= 4 is 6.09 Å². The molecular formula is C12H20N2O2. The fourth-order valence-electron chi connectivity index (χ4n) is 1.57. The van der Waals surface area contributed by atoms with Gasteiger partial charge in [-0.3, -0.25) is 0 Å². The molecule has 0 aromatic carbocycles. The lowest BCUT2D eigenvalue weighted by atomic mass is 10.3. The monoisotopic (exact) mass is 224 g/mol. The number of aromatic nitrogens is 1. The molecule has 90 valence electrons.